The highest BCUT2D eigenvalue weighted by atomic mass is 16.6. The molecule has 6 nitrogen and oxygen atoms in total. The Morgan fingerprint density at radius 1 is 0.548 bits per heavy atom. The summed E-state index contributed by atoms with van der Waals surface area (Å²) in [6.07, 6.45) is 0.116. The summed E-state index contributed by atoms with van der Waals surface area (Å²) in [5.74, 6) is 0.128. The van der Waals surface area contributed by atoms with Crippen LogP contribution in [0, 0.1) is 0 Å². The molecule has 4 aliphatic rings. The summed E-state index contributed by atoms with van der Waals surface area (Å²) >= 11 is 0. The smallest absolute Gasteiger partial charge is 0.239 e. The number of β-lactam (4-membered cyclic amide) rings is 2. The van der Waals surface area contributed by atoms with Crippen molar-refractivity contribution in [2.75, 3.05) is 9.80 Å². The lowest BCUT2D eigenvalue weighted by Gasteiger charge is -2.55. The Morgan fingerprint density at radius 2 is 0.905 bits per heavy atom. The molecule has 4 aliphatic heterocycles. The third-order valence-corrected chi connectivity index (χ3v) is 10.3. The van der Waals surface area contributed by atoms with Crippen molar-refractivity contribution in [3.63, 3.8) is 0 Å². The first kappa shape index (κ1) is 25.7. The van der Waals surface area contributed by atoms with Crippen molar-refractivity contribution in [1.29, 1.82) is 0 Å². The number of ether oxygens (including phenoxy) is 2. The Labute approximate surface area is 245 Å². The van der Waals surface area contributed by atoms with Gasteiger partial charge in [-0.3, -0.25) is 9.59 Å². The number of hydrogen-bond acceptors (Lipinski definition) is 4. The van der Waals surface area contributed by atoms with Crippen LogP contribution in [0.5, 0.6) is 0 Å². The van der Waals surface area contributed by atoms with Crippen molar-refractivity contribution in [3.8, 4) is 0 Å². The minimum atomic E-state index is -0.675. The van der Waals surface area contributed by atoms with Crippen LogP contribution in [0.1, 0.15) is 38.8 Å². The minimum absolute atomic E-state index is 0.0345. The van der Waals surface area contributed by atoms with Gasteiger partial charge in [0.2, 0.25) is 11.8 Å². The van der Waals surface area contributed by atoms with Crippen LogP contribution in [-0.4, -0.2) is 48.3 Å². The molecule has 8 atom stereocenters. The number of amides is 2. The van der Waals surface area contributed by atoms with Gasteiger partial charge in [0.15, 0.2) is 0 Å². The SMILES string of the molecule is C[C@@H]1O[C@H]1C1N(c2cccc3c(N4C(=O)C(C)(c5ccccc5)C4[C@H]4O[C@@H]4C)cccc23)C(=O)C1(C)c1ccccc1. The molecule has 0 aromatic heterocycles. The zero-order chi connectivity index (χ0) is 29.0. The zero-order valence-corrected chi connectivity index (χ0v) is 24.2. The Kier molecular flexibility index (Phi) is 5.36. The Morgan fingerprint density at radius 3 is 1.24 bits per heavy atom. The fraction of sp³-hybridized carbons (Fsp3) is 0.333. The van der Waals surface area contributed by atoms with Gasteiger partial charge in [0.05, 0.1) is 46.5 Å². The molecule has 4 saturated heterocycles. The molecule has 4 aromatic carbocycles. The van der Waals surface area contributed by atoms with Crippen LogP contribution in [0.3, 0.4) is 0 Å². The van der Waals surface area contributed by atoms with Crippen molar-refractivity contribution in [2.24, 2.45) is 0 Å². The second-order valence-corrected chi connectivity index (χ2v) is 12.6. The van der Waals surface area contributed by atoms with Crippen LogP contribution in [0.4, 0.5) is 11.4 Å². The quantitative estimate of drug-likeness (QED) is 0.223. The molecule has 4 fully saturated rings. The molecule has 0 saturated carbocycles. The first-order chi connectivity index (χ1) is 20.3. The Bertz CT molecular complexity index is 1610. The maximum Gasteiger partial charge on any atom is 0.239 e. The predicted octanol–water partition coefficient (Wildman–Crippen LogP) is 5.76. The molecule has 8 rings (SSSR count). The number of carbonyl (C=O) groups excluding carboxylic acids is 2. The lowest BCUT2D eigenvalue weighted by molar-refractivity contribution is -0.133. The molecule has 212 valence electrons. The molecule has 0 radical (unpaired) electrons. The van der Waals surface area contributed by atoms with E-state index in [1.807, 2.05) is 109 Å². The maximum absolute atomic E-state index is 14.1. The maximum atomic E-state index is 14.1. The summed E-state index contributed by atoms with van der Waals surface area (Å²) in [5.41, 5.74) is 2.37. The number of carbonyl (C=O) groups is 2. The number of benzene rings is 4. The lowest BCUT2D eigenvalue weighted by atomic mass is 9.65. The second kappa shape index (κ2) is 8.76. The molecular formula is C36H34N2O4. The third-order valence-electron chi connectivity index (χ3n) is 10.3. The molecule has 0 bridgehead atoms. The molecule has 4 unspecified atom stereocenters. The van der Waals surface area contributed by atoms with Crippen LogP contribution < -0.4 is 9.80 Å². The number of epoxide rings is 2. The van der Waals surface area contributed by atoms with E-state index in [1.54, 1.807) is 0 Å². The number of hydrogen-bond donors (Lipinski definition) is 0. The van der Waals surface area contributed by atoms with E-state index in [0.29, 0.717) is 0 Å². The van der Waals surface area contributed by atoms with Crippen LogP contribution in [-0.2, 0) is 29.9 Å². The van der Waals surface area contributed by atoms with E-state index in [0.717, 1.165) is 33.3 Å². The Balaban J connectivity index is 1.22. The monoisotopic (exact) mass is 558 g/mol. The summed E-state index contributed by atoms with van der Waals surface area (Å²) in [6.45, 7) is 8.22. The van der Waals surface area contributed by atoms with E-state index in [9.17, 15) is 9.59 Å². The van der Waals surface area contributed by atoms with Crippen molar-refractivity contribution in [3.05, 3.63) is 108 Å². The number of anilines is 2. The number of nitrogens with zero attached hydrogens (tertiary/aromatic N) is 2. The average Bonchev–Trinajstić information content (AvgIpc) is 3.94. The van der Waals surface area contributed by atoms with Gasteiger partial charge in [-0.1, -0.05) is 84.9 Å². The average molecular weight is 559 g/mol. The normalized spacial score (nSPS) is 35.1. The minimum Gasteiger partial charge on any atom is -0.368 e. The lowest BCUT2D eigenvalue weighted by Crippen LogP contribution is -2.73. The van der Waals surface area contributed by atoms with Gasteiger partial charge in [0.25, 0.3) is 0 Å². The number of fused-ring (bicyclic) bond motifs is 1. The van der Waals surface area contributed by atoms with Gasteiger partial charge in [0, 0.05) is 10.8 Å². The predicted molar refractivity (Wildman–Crippen MR) is 163 cm³/mol. The van der Waals surface area contributed by atoms with Gasteiger partial charge in [0.1, 0.15) is 12.2 Å². The van der Waals surface area contributed by atoms with Gasteiger partial charge >= 0.3 is 0 Å². The molecule has 0 aliphatic carbocycles. The third kappa shape index (κ3) is 3.28. The molecule has 6 heteroatoms. The molecule has 4 aromatic rings. The van der Waals surface area contributed by atoms with Crippen LogP contribution in [0.25, 0.3) is 10.8 Å². The summed E-state index contributed by atoms with van der Waals surface area (Å²) in [4.78, 5) is 32.1. The van der Waals surface area contributed by atoms with Gasteiger partial charge in [-0.25, -0.2) is 0 Å². The summed E-state index contributed by atoms with van der Waals surface area (Å²) in [5, 5.41) is 1.89. The van der Waals surface area contributed by atoms with E-state index in [-0.39, 0.29) is 48.3 Å². The van der Waals surface area contributed by atoms with E-state index < -0.39 is 10.8 Å². The van der Waals surface area contributed by atoms with E-state index >= 15 is 0 Å². The molecular weight excluding hydrogens is 524 g/mol. The molecule has 0 spiro atoms. The fourth-order valence-corrected chi connectivity index (χ4v) is 7.78. The second-order valence-electron chi connectivity index (χ2n) is 12.6. The highest BCUT2D eigenvalue weighted by Gasteiger charge is 2.68. The van der Waals surface area contributed by atoms with Crippen molar-refractivity contribution < 1.29 is 19.1 Å². The van der Waals surface area contributed by atoms with Gasteiger partial charge in [-0.2, -0.15) is 0 Å². The van der Waals surface area contributed by atoms with Gasteiger partial charge in [-0.05, 0) is 51.0 Å². The highest BCUT2D eigenvalue weighted by Crippen LogP contribution is 2.54. The standard InChI is InChI=1S/C36H34N2O4/c1-21-29(41-21)31-35(3,23-13-7-5-8-14-23)33(39)37(31)27-19-11-18-26-25(27)17-12-20-28(26)38-32(30-22(2)42-30)36(4,34(38)40)24-15-9-6-10-16-24/h5-22,29-32H,1-4H3/t21-,22+,29+,30-,31?,32?,35?,36?. The van der Waals surface area contributed by atoms with E-state index in [4.69, 9.17) is 9.47 Å². The van der Waals surface area contributed by atoms with E-state index in [2.05, 4.69) is 26.0 Å². The van der Waals surface area contributed by atoms with Crippen LogP contribution >= 0.6 is 0 Å². The molecule has 0 N–H and O–H groups in total. The van der Waals surface area contributed by atoms with E-state index in [1.165, 1.54) is 0 Å². The summed E-state index contributed by atoms with van der Waals surface area (Å²) in [6, 6.07) is 31.9. The first-order valence-corrected chi connectivity index (χ1v) is 14.9. The topological polar surface area (TPSA) is 65.7 Å². The molecule has 42 heavy (non-hydrogen) atoms. The van der Waals surface area contributed by atoms with Crippen molar-refractivity contribution in [2.45, 2.75) is 75.0 Å². The van der Waals surface area contributed by atoms with Crippen molar-refractivity contribution in [1.82, 2.24) is 0 Å². The summed E-state index contributed by atoms with van der Waals surface area (Å²) < 4.78 is 12.0. The first-order valence-electron chi connectivity index (χ1n) is 14.9. The largest absolute Gasteiger partial charge is 0.368 e. The van der Waals surface area contributed by atoms with Crippen LogP contribution in [0.15, 0.2) is 97.1 Å². The zero-order valence-electron chi connectivity index (χ0n) is 24.2. The highest BCUT2D eigenvalue weighted by molar-refractivity contribution is 6.18. The molecule has 4 heterocycles. The Hall–Kier alpha value is -4.00. The fourth-order valence-electron chi connectivity index (χ4n) is 7.78. The number of rotatable bonds is 6. The van der Waals surface area contributed by atoms with Crippen molar-refractivity contribution >= 4 is 34.0 Å². The van der Waals surface area contributed by atoms with Crippen LogP contribution in [0.2, 0.25) is 0 Å². The van der Waals surface area contributed by atoms with Gasteiger partial charge < -0.3 is 19.3 Å². The van der Waals surface area contributed by atoms with Gasteiger partial charge in [-0.15, -0.1) is 0 Å². The summed E-state index contributed by atoms with van der Waals surface area (Å²) in [7, 11) is 0. The molecule has 2 amide bonds.